The van der Waals surface area contributed by atoms with E-state index < -0.39 is 24.7 Å². The van der Waals surface area contributed by atoms with Gasteiger partial charge in [0.1, 0.15) is 0 Å². The van der Waals surface area contributed by atoms with E-state index in [4.69, 9.17) is 0 Å². The molecule has 0 aliphatic carbocycles. The number of benzene rings is 1. The number of hydrogen-bond acceptors (Lipinski definition) is 1. The van der Waals surface area contributed by atoms with Crippen LogP contribution < -0.4 is 0 Å². The summed E-state index contributed by atoms with van der Waals surface area (Å²) < 4.78 is 39.3. The summed E-state index contributed by atoms with van der Waals surface area (Å²) in [4.78, 5) is 12.6. The summed E-state index contributed by atoms with van der Waals surface area (Å²) in [6.45, 7) is -0.748. The van der Waals surface area contributed by atoms with Gasteiger partial charge in [0.05, 0.1) is 12.4 Å². The summed E-state index contributed by atoms with van der Waals surface area (Å²) in [5.74, 6) is -1.02. The van der Waals surface area contributed by atoms with Crippen molar-refractivity contribution >= 4 is 27.5 Å². The molecule has 0 bridgehead atoms. The Labute approximate surface area is 148 Å². The molecule has 0 N–H and O–H groups in total. The van der Waals surface area contributed by atoms with Gasteiger partial charge >= 0.3 is 0 Å². The molecule has 0 fully saturated rings. The maximum absolute atomic E-state index is 13.9. The van der Waals surface area contributed by atoms with E-state index in [1.807, 2.05) is 0 Å². The number of amides is 1. The third-order valence-corrected chi connectivity index (χ3v) is 3.38. The van der Waals surface area contributed by atoms with Gasteiger partial charge in [0.2, 0.25) is 5.91 Å². The van der Waals surface area contributed by atoms with Gasteiger partial charge in [-0.15, -0.1) is 17.7 Å². The van der Waals surface area contributed by atoms with Crippen molar-refractivity contribution in [1.82, 2.24) is 4.90 Å². The van der Waals surface area contributed by atoms with Crippen molar-refractivity contribution < 1.29 is 50.7 Å². The molecule has 1 heterocycles. The second kappa shape index (κ2) is 7.71. The molecule has 1 amide bonds. The van der Waals surface area contributed by atoms with E-state index in [0.717, 1.165) is 4.90 Å². The third kappa shape index (κ3) is 3.92. The smallest absolute Gasteiger partial charge is 0.256 e. The molecule has 1 radical (unpaired) electrons. The van der Waals surface area contributed by atoms with Crippen molar-refractivity contribution in [3.63, 3.8) is 0 Å². The van der Waals surface area contributed by atoms with Crippen molar-refractivity contribution in [2.45, 2.75) is 19.3 Å². The maximum Gasteiger partial charge on any atom is 0.256 e. The molecule has 7 heteroatoms. The van der Waals surface area contributed by atoms with Crippen LogP contribution in [0.15, 0.2) is 22.7 Å². The van der Waals surface area contributed by atoms with Gasteiger partial charge in [0.25, 0.3) is 6.43 Å². The Kier molecular flexibility index (Phi) is 6.88. The quantitative estimate of drug-likeness (QED) is 0.682. The second-order valence-corrected chi connectivity index (χ2v) is 4.87. The average molecular weight is 422 g/mol. The molecule has 1 aromatic rings. The molecule has 20 heavy (non-hydrogen) atoms. The van der Waals surface area contributed by atoms with Gasteiger partial charge in [-0.1, -0.05) is 32.5 Å². The first-order chi connectivity index (χ1) is 9.00. The third-order valence-electron chi connectivity index (χ3n) is 2.72. The average Bonchev–Trinajstić information content (AvgIpc) is 2.32. The Bertz CT molecular complexity index is 516. The van der Waals surface area contributed by atoms with Crippen LogP contribution in [0.3, 0.4) is 0 Å². The standard InChI is InChI=1S/C13H10BrF3NO.Y/c14-8-3-1-4-9(15)13(8)10-5-2-6-12(19)18(10)7-11(16)17;/h1,3-4,11H,2,6-7H2;/q-1;. The molecule has 0 aromatic heterocycles. The summed E-state index contributed by atoms with van der Waals surface area (Å²) >= 11 is 3.17. The van der Waals surface area contributed by atoms with E-state index in [1.165, 1.54) is 12.1 Å². The molecular formula is C13H10BrF3NOY-. The Morgan fingerprint density at radius 3 is 2.70 bits per heavy atom. The minimum atomic E-state index is -2.68. The molecular weight excluding hydrogens is 412 g/mol. The zero-order valence-corrected chi connectivity index (χ0v) is 14.8. The van der Waals surface area contributed by atoms with Crippen LogP contribution in [0.5, 0.6) is 0 Å². The fourth-order valence-corrected chi connectivity index (χ4v) is 2.45. The van der Waals surface area contributed by atoms with Crippen molar-refractivity contribution in [3.8, 4) is 0 Å². The van der Waals surface area contributed by atoms with Crippen LogP contribution in [0.1, 0.15) is 18.4 Å². The van der Waals surface area contributed by atoms with E-state index in [0.29, 0.717) is 10.9 Å². The molecule has 0 unspecified atom stereocenters. The molecule has 2 nitrogen and oxygen atoms in total. The van der Waals surface area contributed by atoms with Gasteiger partial charge in [-0.25, -0.2) is 19.2 Å². The summed E-state index contributed by atoms with van der Waals surface area (Å²) in [6, 6.07) is 4.30. The Morgan fingerprint density at radius 2 is 2.10 bits per heavy atom. The summed E-state index contributed by atoms with van der Waals surface area (Å²) in [7, 11) is 0. The van der Waals surface area contributed by atoms with Crippen molar-refractivity contribution in [2.75, 3.05) is 6.54 Å². The molecule has 0 saturated carbocycles. The fraction of sp³-hybridized carbons (Fsp3) is 0.308. The number of carbonyl (C=O) groups is 1. The molecule has 1 aliphatic heterocycles. The van der Waals surface area contributed by atoms with Gasteiger partial charge in [-0.3, -0.25) is 4.79 Å². The Hall–Kier alpha value is -0.196. The van der Waals surface area contributed by atoms with Crippen LogP contribution in [0.25, 0.3) is 5.70 Å². The van der Waals surface area contributed by atoms with E-state index >= 15 is 0 Å². The summed E-state index contributed by atoms with van der Waals surface area (Å²) in [6.07, 6.45) is 0.559. The van der Waals surface area contributed by atoms with Crippen molar-refractivity contribution in [1.29, 1.82) is 0 Å². The Balaban J connectivity index is 0.00000200. The van der Waals surface area contributed by atoms with Crippen LogP contribution in [-0.2, 0) is 37.5 Å². The molecule has 0 saturated heterocycles. The number of rotatable bonds is 3. The zero-order chi connectivity index (χ0) is 14.0. The largest absolute Gasteiger partial charge is 0.342 e. The number of allylic oxidation sites excluding steroid dienone is 1. The minimum Gasteiger partial charge on any atom is -0.342 e. The molecule has 0 atom stereocenters. The minimum absolute atomic E-state index is 0. The predicted molar refractivity (Wildman–Crippen MR) is 67.7 cm³/mol. The normalized spacial score (nSPS) is 15.2. The zero-order valence-electron chi connectivity index (χ0n) is 10.4. The van der Waals surface area contributed by atoms with Gasteiger partial charge < -0.3 is 4.90 Å². The van der Waals surface area contributed by atoms with Crippen LogP contribution in [0.2, 0.25) is 0 Å². The molecule has 0 spiro atoms. The summed E-state index contributed by atoms with van der Waals surface area (Å²) in [5, 5.41) is 0. The maximum atomic E-state index is 13.9. The van der Waals surface area contributed by atoms with Gasteiger partial charge in [0.15, 0.2) is 0 Å². The van der Waals surface area contributed by atoms with Crippen molar-refractivity contribution in [3.05, 3.63) is 40.1 Å². The first-order valence-corrected chi connectivity index (χ1v) is 6.43. The van der Waals surface area contributed by atoms with Crippen LogP contribution in [0.4, 0.5) is 13.2 Å². The Morgan fingerprint density at radius 1 is 1.40 bits per heavy atom. The van der Waals surface area contributed by atoms with Gasteiger partial charge in [-0.2, -0.15) is 0 Å². The van der Waals surface area contributed by atoms with E-state index in [2.05, 4.69) is 22.0 Å². The van der Waals surface area contributed by atoms with Crippen molar-refractivity contribution in [2.24, 2.45) is 0 Å². The van der Waals surface area contributed by atoms with Crippen LogP contribution in [0, 0.1) is 11.9 Å². The van der Waals surface area contributed by atoms with E-state index in [9.17, 15) is 18.0 Å². The van der Waals surface area contributed by atoms with Gasteiger partial charge in [-0.05, 0) is 6.07 Å². The fourth-order valence-electron chi connectivity index (χ4n) is 1.92. The topological polar surface area (TPSA) is 20.3 Å². The number of halogens is 4. The van der Waals surface area contributed by atoms with Crippen LogP contribution >= 0.6 is 15.9 Å². The van der Waals surface area contributed by atoms with Crippen LogP contribution in [-0.4, -0.2) is 23.8 Å². The number of hydrogen-bond donors (Lipinski definition) is 0. The predicted octanol–water partition coefficient (Wildman–Crippen LogP) is 3.62. The molecule has 1 aromatic carbocycles. The molecule has 105 valence electrons. The first-order valence-electron chi connectivity index (χ1n) is 5.64. The number of alkyl halides is 2. The SMILES string of the molecule is O=C1CC[C-]=C(c2c(F)cccc2Br)N1CC(F)F.[Y]. The number of carbonyl (C=O) groups excluding carboxylic acids is 1. The molecule has 1 aliphatic rings. The van der Waals surface area contributed by atoms with Gasteiger partial charge in [0, 0.05) is 39.1 Å². The second-order valence-electron chi connectivity index (χ2n) is 4.02. The van der Waals surface area contributed by atoms with E-state index in [1.54, 1.807) is 6.07 Å². The molecule has 2 rings (SSSR count). The number of nitrogens with zero attached hydrogens (tertiary/aromatic N) is 1. The summed E-state index contributed by atoms with van der Waals surface area (Å²) in [5.41, 5.74) is 0.178. The monoisotopic (exact) mass is 421 g/mol. The van der Waals surface area contributed by atoms with E-state index in [-0.39, 0.29) is 50.4 Å². The first kappa shape index (κ1) is 17.9.